The Labute approximate surface area is 233 Å². The summed E-state index contributed by atoms with van der Waals surface area (Å²) in [6.07, 6.45) is 3.51. The van der Waals surface area contributed by atoms with Gasteiger partial charge in [0.05, 0.1) is 28.0 Å². The molecule has 3 aromatic rings. The number of aromatic nitrogens is 2. The molecule has 3 saturated heterocycles. The summed E-state index contributed by atoms with van der Waals surface area (Å²) in [6, 6.07) is 11.2. The molecule has 0 saturated carbocycles. The number of carbonyl (C=O) groups excluding carboxylic acids is 1. The molecule has 3 fully saturated rings. The van der Waals surface area contributed by atoms with Gasteiger partial charge in [0.1, 0.15) is 21.6 Å². The van der Waals surface area contributed by atoms with Crippen LogP contribution in [0.25, 0.3) is 11.7 Å². The lowest BCUT2D eigenvalue weighted by atomic mass is 10.2. The molecule has 13 heteroatoms. The lowest BCUT2D eigenvalue weighted by Crippen LogP contribution is -2.47. The van der Waals surface area contributed by atoms with Crippen LogP contribution in [0.2, 0.25) is 0 Å². The lowest BCUT2D eigenvalue weighted by Gasteiger charge is -2.37. The van der Waals surface area contributed by atoms with Crippen LogP contribution in [0.3, 0.4) is 0 Å². The van der Waals surface area contributed by atoms with Gasteiger partial charge in [-0.05, 0) is 48.9 Å². The highest BCUT2D eigenvalue weighted by Crippen LogP contribution is 2.37. The number of rotatable bonds is 4. The van der Waals surface area contributed by atoms with Crippen LogP contribution >= 0.6 is 24.0 Å². The summed E-state index contributed by atoms with van der Waals surface area (Å²) in [7, 11) is -3.21. The number of hydrogen-bond acceptors (Lipinski definition) is 9. The standard InChI is InChI=1S/C26H24FN5O4S3/c27-17-4-6-18(7-5-17)29-10-12-30(13-11-29)23-20(24(33)31-9-2-1-3-22(31)28-23)15-21-25(34)32(26(37)38-21)19-8-14-39(35,36)16-19/h1-7,9,15,19H,8,10-14,16H2/b21-15-/t19-/m0/s1. The van der Waals surface area contributed by atoms with E-state index in [0.29, 0.717) is 44.1 Å². The maximum atomic E-state index is 13.7. The van der Waals surface area contributed by atoms with Crippen molar-refractivity contribution in [2.24, 2.45) is 0 Å². The van der Waals surface area contributed by atoms with E-state index < -0.39 is 21.8 Å². The Bertz CT molecular complexity index is 1680. The Morgan fingerprint density at radius 1 is 1.03 bits per heavy atom. The number of hydrogen-bond donors (Lipinski definition) is 0. The van der Waals surface area contributed by atoms with Gasteiger partial charge in [0.15, 0.2) is 9.84 Å². The van der Waals surface area contributed by atoms with Crippen LogP contribution in [-0.4, -0.2) is 76.7 Å². The van der Waals surface area contributed by atoms with Gasteiger partial charge in [0, 0.05) is 38.1 Å². The van der Waals surface area contributed by atoms with E-state index in [1.165, 1.54) is 21.4 Å². The quantitative estimate of drug-likeness (QED) is 0.338. The lowest BCUT2D eigenvalue weighted by molar-refractivity contribution is -0.123. The molecule has 0 spiro atoms. The maximum absolute atomic E-state index is 13.7. The van der Waals surface area contributed by atoms with Gasteiger partial charge < -0.3 is 9.80 Å². The molecule has 3 aliphatic rings. The molecular weight excluding hydrogens is 562 g/mol. The molecule has 5 heterocycles. The average molecular weight is 586 g/mol. The number of thiocarbonyl (C=S) groups is 1. The van der Waals surface area contributed by atoms with Gasteiger partial charge in [-0.2, -0.15) is 0 Å². The third kappa shape index (κ3) is 4.94. The van der Waals surface area contributed by atoms with Crippen LogP contribution in [-0.2, 0) is 14.6 Å². The summed E-state index contributed by atoms with van der Waals surface area (Å²) in [5.41, 5.74) is 1.36. The summed E-state index contributed by atoms with van der Waals surface area (Å²) in [6.45, 7) is 2.40. The van der Waals surface area contributed by atoms with Crippen LogP contribution in [0.4, 0.5) is 15.9 Å². The normalized spacial score (nSPS) is 22.4. The molecule has 39 heavy (non-hydrogen) atoms. The Hall–Kier alpha value is -3.29. The van der Waals surface area contributed by atoms with Crippen LogP contribution in [0, 0.1) is 5.82 Å². The van der Waals surface area contributed by atoms with Crippen molar-refractivity contribution in [3.63, 3.8) is 0 Å². The Morgan fingerprint density at radius 2 is 1.74 bits per heavy atom. The van der Waals surface area contributed by atoms with Crippen LogP contribution in [0.1, 0.15) is 12.0 Å². The molecule has 1 amide bonds. The molecule has 9 nitrogen and oxygen atoms in total. The number of carbonyl (C=O) groups is 1. The third-order valence-electron chi connectivity index (χ3n) is 7.19. The number of nitrogens with zero attached hydrogens (tertiary/aromatic N) is 5. The van der Waals surface area contributed by atoms with Crippen molar-refractivity contribution in [2.75, 3.05) is 47.5 Å². The zero-order valence-electron chi connectivity index (χ0n) is 20.7. The number of piperazine rings is 1. The molecule has 1 atom stereocenters. The predicted molar refractivity (Wildman–Crippen MR) is 154 cm³/mol. The van der Waals surface area contributed by atoms with Gasteiger partial charge in [0.2, 0.25) is 0 Å². The fourth-order valence-electron chi connectivity index (χ4n) is 5.19. The maximum Gasteiger partial charge on any atom is 0.267 e. The van der Waals surface area contributed by atoms with Crippen molar-refractivity contribution in [3.8, 4) is 0 Å². The first-order valence-electron chi connectivity index (χ1n) is 12.4. The predicted octanol–water partition coefficient (Wildman–Crippen LogP) is 2.55. The first kappa shape index (κ1) is 26.0. The first-order chi connectivity index (χ1) is 18.7. The molecule has 0 unspecified atom stereocenters. The molecule has 1 aromatic carbocycles. The highest BCUT2D eigenvalue weighted by Gasteiger charge is 2.42. The van der Waals surface area contributed by atoms with Gasteiger partial charge in [-0.1, -0.05) is 30.0 Å². The number of thioether (sulfide) groups is 1. The zero-order valence-corrected chi connectivity index (χ0v) is 23.1. The van der Waals surface area contributed by atoms with E-state index in [0.717, 1.165) is 17.4 Å². The fraction of sp³-hybridized carbons (Fsp3) is 0.308. The van der Waals surface area contributed by atoms with Crippen molar-refractivity contribution in [1.82, 2.24) is 14.3 Å². The number of fused-ring (bicyclic) bond motifs is 1. The van der Waals surface area contributed by atoms with Gasteiger partial charge in [0.25, 0.3) is 11.5 Å². The number of halogens is 1. The van der Waals surface area contributed by atoms with Crippen molar-refractivity contribution >= 4 is 67.3 Å². The van der Waals surface area contributed by atoms with Gasteiger partial charge >= 0.3 is 0 Å². The van der Waals surface area contributed by atoms with Crippen molar-refractivity contribution < 1.29 is 17.6 Å². The minimum absolute atomic E-state index is 0.0256. The Morgan fingerprint density at radius 3 is 2.44 bits per heavy atom. The number of anilines is 2. The molecule has 3 aliphatic heterocycles. The van der Waals surface area contributed by atoms with E-state index in [-0.39, 0.29) is 37.7 Å². The molecule has 6 rings (SSSR count). The molecule has 0 radical (unpaired) electrons. The average Bonchev–Trinajstić information content (AvgIpc) is 3.42. The summed E-state index contributed by atoms with van der Waals surface area (Å²) < 4.78 is 39.1. The summed E-state index contributed by atoms with van der Waals surface area (Å²) in [4.78, 5) is 37.7. The second-order valence-corrected chi connectivity index (χ2v) is 13.5. The van der Waals surface area contributed by atoms with Crippen molar-refractivity contribution in [3.05, 3.63) is 75.3 Å². The van der Waals surface area contributed by atoms with Gasteiger partial charge in [-0.15, -0.1) is 0 Å². The van der Waals surface area contributed by atoms with E-state index in [1.54, 1.807) is 42.6 Å². The van der Waals surface area contributed by atoms with Crippen molar-refractivity contribution in [2.45, 2.75) is 12.5 Å². The SMILES string of the molecule is O=C1/C(=C/c2c(N3CCN(c4ccc(F)cc4)CC3)nc3ccccn3c2=O)SC(=S)N1[C@H]1CCS(=O)(=O)C1. The van der Waals surface area contributed by atoms with Gasteiger partial charge in [-0.25, -0.2) is 17.8 Å². The summed E-state index contributed by atoms with van der Waals surface area (Å²) in [5.74, 6) is -0.299. The first-order valence-corrected chi connectivity index (χ1v) is 15.5. The number of amides is 1. The highest BCUT2D eigenvalue weighted by atomic mass is 32.2. The summed E-state index contributed by atoms with van der Waals surface area (Å²) in [5, 5.41) is 0. The number of sulfone groups is 1. The minimum Gasteiger partial charge on any atom is -0.368 e. The smallest absolute Gasteiger partial charge is 0.267 e. The van der Waals surface area contributed by atoms with E-state index >= 15 is 0 Å². The fourth-order valence-corrected chi connectivity index (χ4v) is 8.27. The monoisotopic (exact) mass is 585 g/mol. The molecule has 0 bridgehead atoms. The van der Waals surface area contributed by atoms with E-state index in [1.807, 2.05) is 4.90 Å². The Balaban J connectivity index is 1.34. The number of benzene rings is 1. The molecule has 0 N–H and O–H groups in total. The van der Waals surface area contributed by atoms with E-state index in [4.69, 9.17) is 17.2 Å². The van der Waals surface area contributed by atoms with Crippen LogP contribution in [0.5, 0.6) is 0 Å². The Kier molecular flexibility index (Phi) is 6.68. The largest absolute Gasteiger partial charge is 0.368 e. The number of pyridine rings is 1. The van der Waals surface area contributed by atoms with E-state index in [9.17, 15) is 22.4 Å². The van der Waals surface area contributed by atoms with Gasteiger partial charge in [-0.3, -0.25) is 18.9 Å². The van der Waals surface area contributed by atoms with Crippen LogP contribution < -0.4 is 15.4 Å². The molecule has 0 aliphatic carbocycles. The molecule has 202 valence electrons. The summed E-state index contributed by atoms with van der Waals surface area (Å²) >= 11 is 6.52. The zero-order chi connectivity index (χ0) is 27.3. The second-order valence-electron chi connectivity index (χ2n) is 9.64. The molecule has 2 aromatic heterocycles. The third-order valence-corrected chi connectivity index (χ3v) is 10.3. The minimum atomic E-state index is -3.21. The van der Waals surface area contributed by atoms with E-state index in [2.05, 4.69) is 4.90 Å². The molecular formula is C26H24FN5O4S3. The topological polar surface area (TPSA) is 95.3 Å². The highest BCUT2D eigenvalue weighted by molar-refractivity contribution is 8.26. The van der Waals surface area contributed by atoms with Crippen molar-refractivity contribution in [1.29, 1.82) is 0 Å². The second kappa shape index (κ2) is 10.0. The van der Waals surface area contributed by atoms with Crippen LogP contribution in [0.15, 0.2) is 58.4 Å².